The first-order chi connectivity index (χ1) is 8.58. The Kier molecular flexibility index (Phi) is 4.05. The van der Waals surface area contributed by atoms with Crippen LogP contribution in [0.25, 0.3) is 0 Å². The van der Waals surface area contributed by atoms with Crippen molar-refractivity contribution in [3.8, 4) is 6.07 Å². The van der Waals surface area contributed by atoms with Crippen LogP contribution in [0.4, 0.5) is 5.82 Å². The summed E-state index contributed by atoms with van der Waals surface area (Å²) in [5.74, 6) is 1.25. The highest BCUT2D eigenvalue weighted by atomic mass is 35.5. The summed E-state index contributed by atoms with van der Waals surface area (Å²) in [6, 6.07) is 5.80. The molecule has 1 aliphatic heterocycles. The van der Waals surface area contributed by atoms with Gasteiger partial charge in [0.05, 0.1) is 11.6 Å². The Morgan fingerprint density at radius 2 is 2.33 bits per heavy atom. The molecule has 2 heterocycles. The highest BCUT2D eigenvalue weighted by Crippen LogP contribution is 2.21. The largest absolute Gasteiger partial charge is 0.367 e. The second-order valence-electron chi connectivity index (χ2n) is 4.95. The summed E-state index contributed by atoms with van der Waals surface area (Å²) >= 11 is 5.90. The lowest BCUT2D eigenvalue weighted by atomic mass is 9.94. The van der Waals surface area contributed by atoms with Crippen molar-refractivity contribution in [1.82, 2.24) is 9.88 Å². The summed E-state index contributed by atoms with van der Waals surface area (Å²) < 4.78 is 0. The van der Waals surface area contributed by atoms with Crippen LogP contribution in [0.5, 0.6) is 0 Å². The zero-order chi connectivity index (χ0) is 13.1. The highest BCUT2D eigenvalue weighted by Gasteiger charge is 2.24. The lowest BCUT2D eigenvalue weighted by molar-refractivity contribution is 0.206. The Balaban J connectivity index is 2.10. The van der Waals surface area contributed by atoms with E-state index in [4.69, 9.17) is 16.9 Å². The van der Waals surface area contributed by atoms with E-state index in [1.54, 1.807) is 12.1 Å². The molecule has 1 saturated heterocycles. The highest BCUT2D eigenvalue weighted by molar-refractivity contribution is 6.29. The summed E-state index contributed by atoms with van der Waals surface area (Å²) in [6.45, 7) is 4.38. The van der Waals surface area contributed by atoms with E-state index in [1.165, 1.54) is 0 Å². The van der Waals surface area contributed by atoms with Gasteiger partial charge in [-0.25, -0.2) is 4.98 Å². The van der Waals surface area contributed by atoms with Gasteiger partial charge in [0.1, 0.15) is 11.0 Å². The standard InChI is InChI=1S/C13H17ClN4/c1-9-8-18(2)4-3-11(9)16-13-6-10(7-15)5-12(14)17-13/h5-6,9,11H,3-4,8H2,1-2H3,(H,16,17). The molecule has 0 radical (unpaired) electrons. The number of hydrogen-bond donors (Lipinski definition) is 1. The Morgan fingerprint density at radius 1 is 1.56 bits per heavy atom. The quantitative estimate of drug-likeness (QED) is 0.834. The molecule has 1 N–H and O–H groups in total. The van der Waals surface area contributed by atoms with E-state index in [0.29, 0.717) is 28.5 Å². The van der Waals surface area contributed by atoms with Gasteiger partial charge in [-0.15, -0.1) is 0 Å². The fraction of sp³-hybridized carbons (Fsp3) is 0.538. The van der Waals surface area contributed by atoms with Crippen LogP contribution < -0.4 is 5.32 Å². The summed E-state index contributed by atoms with van der Waals surface area (Å²) in [5, 5.41) is 12.7. The molecule has 0 saturated carbocycles. The van der Waals surface area contributed by atoms with Gasteiger partial charge in [-0.05, 0) is 38.1 Å². The molecule has 18 heavy (non-hydrogen) atoms. The molecule has 1 aliphatic rings. The van der Waals surface area contributed by atoms with E-state index in [2.05, 4.69) is 35.2 Å². The number of rotatable bonds is 2. The van der Waals surface area contributed by atoms with E-state index in [9.17, 15) is 0 Å². The number of nitrogens with zero attached hydrogens (tertiary/aromatic N) is 3. The van der Waals surface area contributed by atoms with E-state index >= 15 is 0 Å². The maximum atomic E-state index is 8.91. The number of hydrogen-bond acceptors (Lipinski definition) is 4. The molecule has 0 spiro atoms. The molecule has 0 aromatic carbocycles. The second-order valence-corrected chi connectivity index (χ2v) is 5.34. The van der Waals surface area contributed by atoms with Crippen LogP contribution in [0.15, 0.2) is 12.1 Å². The third kappa shape index (κ3) is 3.12. The zero-order valence-electron chi connectivity index (χ0n) is 10.7. The van der Waals surface area contributed by atoms with Crippen LogP contribution in [0, 0.1) is 17.2 Å². The van der Waals surface area contributed by atoms with Gasteiger partial charge in [0.2, 0.25) is 0 Å². The number of anilines is 1. The monoisotopic (exact) mass is 264 g/mol. The van der Waals surface area contributed by atoms with Crippen molar-refractivity contribution >= 4 is 17.4 Å². The van der Waals surface area contributed by atoms with Crippen LogP contribution in [0.3, 0.4) is 0 Å². The normalized spacial score (nSPS) is 24.6. The predicted octanol–water partition coefficient (Wildman–Crippen LogP) is 2.36. The fourth-order valence-corrected chi connectivity index (χ4v) is 2.60. The number of halogens is 1. The number of aromatic nitrogens is 1. The molecular weight excluding hydrogens is 248 g/mol. The van der Waals surface area contributed by atoms with Crippen molar-refractivity contribution in [2.45, 2.75) is 19.4 Å². The topological polar surface area (TPSA) is 52.0 Å². The van der Waals surface area contributed by atoms with Gasteiger partial charge in [-0.3, -0.25) is 0 Å². The Bertz CT molecular complexity index is 469. The molecule has 0 bridgehead atoms. The molecule has 0 amide bonds. The minimum absolute atomic E-state index is 0.358. The minimum Gasteiger partial charge on any atom is -0.367 e. The van der Waals surface area contributed by atoms with Gasteiger partial charge in [-0.1, -0.05) is 18.5 Å². The first-order valence-corrected chi connectivity index (χ1v) is 6.49. The number of piperidine rings is 1. The van der Waals surface area contributed by atoms with Crippen LogP contribution in [-0.2, 0) is 0 Å². The second kappa shape index (κ2) is 5.55. The number of nitrogens with one attached hydrogen (secondary N) is 1. The van der Waals surface area contributed by atoms with Crippen molar-refractivity contribution in [2.75, 3.05) is 25.5 Å². The Labute approximate surface area is 113 Å². The van der Waals surface area contributed by atoms with Crippen molar-refractivity contribution in [1.29, 1.82) is 5.26 Å². The lowest BCUT2D eigenvalue weighted by Crippen LogP contribution is -2.43. The predicted molar refractivity (Wildman–Crippen MR) is 72.7 cm³/mol. The molecule has 5 heteroatoms. The smallest absolute Gasteiger partial charge is 0.132 e. The van der Waals surface area contributed by atoms with E-state index in [-0.39, 0.29) is 0 Å². The first-order valence-electron chi connectivity index (χ1n) is 6.11. The molecule has 96 valence electrons. The Morgan fingerprint density at radius 3 is 3.00 bits per heavy atom. The van der Waals surface area contributed by atoms with E-state index < -0.39 is 0 Å². The van der Waals surface area contributed by atoms with Gasteiger partial charge >= 0.3 is 0 Å². The van der Waals surface area contributed by atoms with Crippen LogP contribution in [0.2, 0.25) is 5.15 Å². The molecule has 4 nitrogen and oxygen atoms in total. The third-order valence-corrected chi connectivity index (χ3v) is 3.56. The minimum atomic E-state index is 0.358. The van der Waals surface area contributed by atoms with Crippen LogP contribution in [-0.4, -0.2) is 36.1 Å². The Hall–Kier alpha value is -1.31. The molecule has 1 fully saturated rings. The molecule has 2 atom stereocenters. The molecule has 1 aromatic rings. The van der Waals surface area contributed by atoms with Crippen molar-refractivity contribution < 1.29 is 0 Å². The zero-order valence-corrected chi connectivity index (χ0v) is 11.4. The summed E-state index contributed by atoms with van der Waals surface area (Å²) in [6.07, 6.45) is 1.08. The van der Waals surface area contributed by atoms with E-state index in [0.717, 1.165) is 19.5 Å². The van der Waals surface area contributed by atoms with Crippen molar-refractivity contribution in [2.24, 2.45) is 5.92 Å². The lowest BCUT2D eigenvalue weighted by Gasteiger charge is -2.35. The van der Waals surface area contributed by atoms with Crippen molar-refractivity contribution in [3.63, 3.8) is 0 Å². The van der Waals surface area contributed by atoms with Crippen LogP contribution in [0.1, 0.15) is 18.9 Å². The average Bonchev–Trinajstić information content (AvgIpc) is 2.32. The molecule has 2 unspecified atom stereocenters. The molecular formula is C13H17ClN4. The number of pyridine rings is 1. The van der Waals surface area contributed by atoms with Gasteiger partial charge in [0, 0.05) is 12.6 Å². The van der Waals surface area contributed by atoms with Gasteiger partial charge in [0.15, 0.2) is 0 Å². The fourth-order valence-electron chi connectivity index (χ4n) is 2.39. The SMILES string of the molecule is CC1CN(C)CCC1Nc1cc(C#N)cc(Cl)n1. The molecule has 1 aromatic heterocycles. The maximum absolute atomic E-state index is 8.91. The van der Waals surface area contributed by atoms with Crippen molar-refractivity contribution in [3.05, 3.63) is 22.8 Å². The summed E-state index contributed by atoms with van der Waals surface area (Å²) in [7, 11) is 2.14. The van der Waals surface area contributed by atoms with E-state index in [1.807, 2.05) is 0 Å². The third-order valence-electron chi connectivity index (χ3n) is 3.36. The van der Waals surface area contributed by atoms with Gasteiger partial charge in [-0.2, -0.15) is 5.26 Å². The molecule has 2 rings (SSSR count). The molecule has 0 aliphatic carbocycles. The van der Waals surface area contributed by atoms with Gasteiger partial charge in [0.25, 0.3) is 0 Å². The number of nitriles is 1. The summed E-state index contributed by atoms with van der Waals surface area (Å²) in [5.41, 5.74) is 0.540. The first kappa shape index (κ1) is 13.1. The average molecular weight is 265 g/mol. The van der Waals surface area contributed by atoms with Crippen LogP contribution >= 0.6 is 11.6 Å². The summed E-state index contributed by atoms with van der Waals surface area (Å²) in [4.78, 5) is 6.55. The van der Waals surface area contributed by atoms with Gasteiger partial charge < -0.3 is 10.2 Å². The maximum Gasteiger partial charge on any atom is 0.132 e. The number of likely N-dealkylation sites (tertiary alicyclic amines) is 1.